The van der Waals surface area contributed by atoms with E-state index < -0.39 is 6.17 Å². The predicted octanol–water partition coefficient (Wildman–Crippen LogP) is 7.57. The molecule has 0 aliphatic carbocycles. The van der Waals surface area contributed by atoms with Crippen molar-refractivity contribution >= 4 is 11.8 Å². The molecule has 0 aliphatic heterocycles. The molecule has 0 saturated carbocycles. The van der Waals surface area contributed by atoms with Crippen LogP contribution in [0.1, 0.15) is 104 Å². The molecule has 2 unspecified atom stereocenters. The van der Waals surface area contributed by atoms with Crippen LogP contribution in [0.4, 0.5) is 4.39 Å². The lowest BCUT2D eigenvalue weighted by Crippen LogP contribution is -2.03. The number of ether oxygens (including phenoxy) is 1. The Morgan fingerprint density at radius 2 is 1.12 bits per heavy atom. The van der Waals surface area contributed by atoms with Crippen molar-refractivity contribution in [1.82, 2.24) is 0 Å². The average Bonchev–Trinajstić information content (AvgIpc) is 2.57. The van der Waals surface area contributed by atoms with Crippen molar-refractivity contribution in [3.63, 3.8) is 0 Å². The van der Waals surface area contributed by atoms with E-state index in [2.05, 4.69) is 13.2 Å². The van der Waals surface area contributed by atoms with Crippen molar-refractivity contribution in [3.05, 3.63) is 0 Å². The molecule has 0 heterocycles. The molecule has 0 rings (SSSR count). The van der Waals surface area contributed by atoms with Crippen LogP contribution in [0.2, 0.25) is 0 Å². The van der Waals surface area contributed by atoms with Gasteiger partial charge in [0, 0.05) is 18.5 Å². The minimum Gasteiger partial charge on any atom is -0.381 e. The summed E-state index contributed by atoms with van der Waals surface area (Å²) in [5, 5.41) is 0.726. The quantitative estimate of drug-likeness (QED) is 0.219. The number of alkyl halides is 1. The van der Waals surface area contributed by atoms with Crippen LogP contribution in [0.25, 0.3) is 0 Å². The standard InChI is InChI=1S/C21H43FOS/c1-20(22)16-14-12-10-8-6-4-5-7-9-11-13-15-18-23-19-17-21(2)24-3/h20-21H,4-19H2,1-3H3. The van der Waals surface area contributed by atoms with Gasteiger partial charge in [-0.2, -0.15) is 11.8 Å². The lowest BCUT2D eigenvalue weighted by molar-refractivity contribution is 0.128. The van der Waals surface area contributed by atoms with Crippen LogP contribution in [0.15, 0.2) is 0 Å². The summed E-state index contributed by atoms with van der Waals surface area (Å²) in [6, 6.07) is 0. The van der Waals surface area contributed by atoms with Gasteiger partial charge in [-0.1, -0.05) is 77.6 Å². The summed E-state index contributed by atoms with van der Waals surface area (Å²) in [6.45, 7) is 5.80. The monoisotopic (exact) mass is 362 g/mol. The third kappa shape index (κ3) is 20.3. The highest BCUT2D eigenvalue weighted by Crippen LogP contribution is 2.13. The second-order valence-electron chi connectivity index (χ2n) is 7.26. The van der Waals surface area contributed by atoms with Crippen LogP contribution in [-0.2, 0) is 4.74 Å². The predicted molar refractivity (Wildman–Crippen MR) is 109 cm³/mol. The van der Waals surface area contributed by atoms with Gasteiger partial charge in [0.15, 0.2) is 0 Å². The smallest absolute Gasteiger partial charge is 0.0973 e. The van der Waals surface area contributed by atoms with Crippen molar-refractivity contribution in [2.24, 2.45) is 0 Å². The molecule has 1 nitrogen and oxygen atoms in total. The molecule has 0 aromatic heterocycles. The fraction of sp³-hybridized carbons (Fsp3) is 1.00. The zero-order chi connectivity index (χ0) is 17.9. The van der Waals surface area contributed by atoms with Crippen LogP contribution in [-0.4, -0.2) is 30.9 Å². The maximum Gasteiger partial charge on any atom is 0.0973 e. The van der Waals surface area contributed by atoms with Crippen molar-refractivity contribution in [2.45, 2.75) is 115 Å². The summed E-state index contributed by atoms with van der Waals surface area (Å²) in [7, 11) is 0. The molecule has 0 aliphatic rings. The van der Waals surface area contributed by atoms with E-state index in [1.54, 1.807) is 6.92 Å². The van der Waals surface area contributed by atoms with E-state index in [4.69, 9.17) is 4.74 Å². The largest absolute Gasteiger partial charge is 0.381 e. The Morgan fingerprint density at radius 3 is 1.58 bits per heavy atom. The fourth-order valence-corrected chi connectivity index (χ4v) is 3.20. The second-order valence-corrected chi connectivity index (χ2v) is 8.54. The molecule has 3 heteroatoms. The van der Waals surface area contributed by atoms with Crippen LogP contribution in [0, 0.1) is 0 Å². The molecule has 0 aromatic carbocycles. The Morgan fingerprint density at radius 1 is 0.667 bits per heavy atom. The molecule has 0 bridgehead atoms. The van der Waals surface area contributed by atoms with Crippen LogP contribution < -0.4 is 0 Å². The number of hydrogen-bond donors (Lipinski definition) is 0. The van der Waals surface area contributed by atoms with E-state index in [1.165, 1.54) is 77.0 Å². The Kier molecular flexibility index (Phi) is 19.8. The molecule has 0 aromatic rings. The van der Waals surface area contributed by atoms with E-state index >= 15 is 0 Å². The van der Waals surface area contributed by atoms with E-state index in [-0.39, 0.29) is 0 Å². The Bertz CT molecular complexity index is 236. The molecule has 0 amide bonds. The maximum absolute atomic E-state index is 12.6. The molecule has 0 saturated heterocycles. The van der Waals surface area contributed by atoms with E-state index in [1.807, 2.05) is 11.8 Å². The summed E-state index contributed by atoms with van der Waals surface area (Å²) in [4.78, 5) is 0. The molecular weight excluding hydrogens is 319 g/mol. The van der Waals surface area contributed by atoms with Crippen molar-refractivity contribution in [1.29, 1.82) is 0 Å². The number of halogens is 1. The average molecular weight is 363 g/mol. The third-order valence-electron chi connectivity index (χ3n) is 4.71. The minimum absolute atomic E-state index is 0.611. The van der Waals surface area contributed by atoms with E-state index in [0.717, 1.165) is 31.3 Å². The zero-order valence-corrected chi connectivity index (χ0v) is 17.5. The zero-order valence-electron chi connectivity index (χ0n) is 16.7. The van der Waals surface area contributed by atoms with Crippen molar-refractivity contribution in [3.8, 4) is 0 Å². The van der Waals surface area contributed by atoms with Gasteiger partial charge in [-0.05, 0) is 32.4 Å². The highest BCUT2D eigenvalue weighted by Gasteiger charge is 1.99. The van der Waals surface area contributed by atoms with Gasteiger partial charge < -0.3 is 4.74 Å². The number of hydrogen-bond acceptors (Lipinski definition) is 2. The first kappa shape index (κ1) is 24.2. The Labute approximate surface area is 155 Å². The molecule has 0 N–H and O–H groups in total. The topological polar surface area (TPSA) is 9.23 Å². The summed E-state index contributed by atoms with van der Waals surface area (Å²) < 4.78 is 18.3. The lowest BCUT2D eigenvalue weighted by Gasteiger charge is -2.08. The Balaban J connectivity index is 3.00. The van der Waals surface area contributed by atoms with Crippen molar-refractivity contribution in [2.75, 3.05) is 19.5 Å². The van der Waals surface area contributed by atoms with Gasteiger partial charge in [-0.3, -0.25) is 0 Å². The SMILES string of the molecule is CSC(C)CCOCCCCCCCCCCCCCCC(C)F. The van der Waals surface area contributed by atoms with Gasteiger partial charge in [0.2, 0.25) is 0 Å². The van der Waals surface area contributed by atoms with Crippen LogP contribution in [0.3, 0.4) is 0 Å². The molecule has 0 radical (unpaired) electrons. The first-order valence-electron chi connectivity index (χ1n) is 10.4. The van der Waals surface area contributed by atoms with E-state index in [9.17, 15) is 4.39 Å². The van der Waals surface area contributed by atoms with Gasteiger partial charge in [-0.15, -0.1) is 0 Å². The van der Waals surface area contributed by atoms with Gasteiger partial charge in [-0.25, -0.2) is 4.39 Å². The maximum atomic E-state index is 12.6. The van der Waals surface area contributed by atoms with Gasteiger partial charge >= 0.3 is 0 Å². The first-order chi connectivity index (χ1) is 11.7. The molecule has 2 atom stereocenters. The normalized spacial score (nSPS) is 14.0. The van der Waals surface area contributed by atoms with Crippen LogP contribution >= 0.6 is 11.8 Å². The van der Waals surface area contributed by atoms with Crippen molar-refractivity contribution < 1.29 is 9.13 Å². The lowest BCUT2D eigenvalue weighted by atomic mass is 10.0. The highest BCUT2D eigenvalue weighted by molar-refractivity contribution is 7.99. The minimum atomic E-state index is -0.611. The van der Waals surface area contributed by atoms with Gasteiger partial charge in [0.25, 0.3) is 0 Å². The number of rotatable bonds is 19. The van der Waals surface area contributed by atoms with E-state index in [0.29, 0.717) is 0 Å². The molecule has 0 spiro atoms. The summed E-state index contributed by atoms with van der Waals surface area (Å²) in [6.07, 6.45) is 19.2. The molecular formula is C21H43FOS. The Hall–Kier alpha value is 0.240. The van der Waals surface area contributed by atoms with Gasteiger partial charge in [0.1, 0.15) is 0 Å². The third-order valence-corrected chi connectivity index (χ3v) is 5.75. The second kappa shape index (κ2) is 19.6. The molecule has 24 heavy (non-hydrogen) atoms. The molecule has 146 valence electrons. The summed E-state index contributed by atoms with van der Waals surface area (Å²) in [5.41, 5.74) is 0. The number of thioether (sulfide) groups is 1. The highest BCUT2D eigenvalue weighted by atomic mass is 32.2. The van der Waals surface area contributed by atoms with Gasteiger partial charge in [0.05, 0.1) is 6.17 Å². The number of unbranched alkanes of at least 4 members (excludes halogenated alkanes) is 11. The fourth-order valence-electron chi connectivity index (χ4n) is 2.87. The summed E-state index contributed by atoms with van der Waals surface area (Å²) >= 11 is 1.92. The molecule has 0 fully saturated rings. The summed E-state index contributed by atoms with van der Waals surface area (Å²) in [5.74, 6) is 0. The first-order valence-corrected chi connectivity index (χ1v) is 11.7. The van der Waals surface area contributed by atoms with Crippen LogP contribution in [0.5, 0.6) is 0 Å².